The highest BCUT2D eigenvalue weighted by atomic mass is 35.5. The molecule has 0 fully saturated rings. The van der Waals surface area contributed by atoms with Gasteiger partial charge < -0.3 is 10.4 Å². The maximum atomic E-state index is 13.3. The van der Waals surface area contributed by atoms with Crippen LogP contribution < -0.4 is 10.9 Å². The van der Waals surface area contributed by atoms with Gasteiger partial charge in [-0.15, -0.1) is 0 Å². The van der Waals surface area contributed by atoms with Gasteiger partial charge >= 0.3 is 6.09 Å². The van der Waals surface area contributed by atoms with Crippen molar-refractivity contribution in [3.05, 3.63) is 68.7 Å². The summed E-state index contributed by atoms with van der Waals surface area (Å²) in [7, 11) is 0. The van der Waals surface area contributed by atoms with Gasteiger partial charge in [0.1, 0.15) is 5.82 Å². The van der Waals surface area contributed by atoms with E-state index in [1.807, 2.05) is 32.0 Å². The lowest BCUT2D eigenvalue weighted by molar-refractivity contribution is 0.190. The van der Waals surface area contributed by atoms with Gasteiger partial charge in [0.2, 0.25) is 0 Å². The van der Waals surface area contributed by atoms with E-state index in [-0.39, 0.29) is 5.56 Å². The molecule has 0 saturated heterocycles. The highest BCUT2D eigenvalue weighted by Gasteiger charge is 2.21. The smallest absolute Gasteiger partial charge is 0.405 e. The van der Waals surface area contributed by atoms with Crippen LogP contribution in [-0.4, -0.2) is 20.8 Å². The van der Waals surface area contributed by atoms with Gasteiger partial charge in [0.15, 0.2) is 0 Å². The van der Waals surface area contributed by atoms with Crippen molar-refractivity contribution in [1.82, 2.24) is 14.9 Å². The molecule has 0 aliphatic rings. The van der Waals surface area contributed by atoms with Crippen LogP contribution in [0.4, 0.5) is 4.79 Å². The quantitative estimate of drug-likeness (QED) is 0.729. The first-order valence-corrected chi connectivity index (χ1v) is 8.46. The van der Waals surface area contributed by atoms with Gasteiger partial charge in [0, 0.05) is 0 Å². The Bertz CT molecular complexity index is 1080. The molecule has 1 unspecified atom stereocenters. The number of aryl methyl sites for hydroxylation is 1. The first-order valence-electron chi connectivity index (χ1n) is 8.08. The van der Waals surface area contributed by atoms with Crippen molar-refractivity contribution < 1.29 is 9.90 Å². The van der Waals surface area contributed by atoms with Gasteiger partial charge in [-0.1, -0.05) is 29.8 Å². The number of nitrogens with zero attached hydrogens (tertiary/aromatic N) is 2. The number of carboxylic acid groups (broad SMARTS) is 1. The molecule has 0 bridgehead atoms. The second-order valence-electron chi connectivity index (χ2n) is 6.13. The van der Waals surface area contributed by atoms with Crippen LogP contribution in [0.2, 0.25) is 5.02 Å². The van der Waals surface area contributed by atoms with E-state index in [0.29, 0.717) is 27.4 Å². The number of nitrogens with one attached hydrogen (secondary N) is 1. The summed E-state index contributed by atoms with van der Waals surface area (Å²) >= 11 is 6.25. The third-order valence-electron chi connectivity index (χ3n) is 4.42. The van der Waals surface area contributed by atoms with E-state index in [2.05, 4.69) is 10.3 Å². The molecule has 1 atom stereocenters. The average Bonchev–Trinajstić information content (AvgIpc) is 2.57. The molecule has 0 aliphatic carbocycles. The fraction of sp³-hybridized carbons (Fsp3) is 0.211. The largest absolute Gasteiger partial charge is 0.465 e. The summed E-state index contributed by atoms with van der Waals surface area (Å²) in [6.07, 6.45) is -1.19. The topological polar surface area (TPSA) is 84.2 Å². The zero-order valence-electron chi connectivity index (χ0n) is 14.6. The summed E-state index contributed by atoms with van der Waals surface area (Å²) < 4.78 is 1.44. The molecule has 1 aromatic heterocycles. The van der Waals surface area contributed by atoms with E-state index in [0.717, 1.165) is 11.1 Å². The van der Waals surface area contributed by atoms with Crippen molar-refractivity contribution in [3.8, 4) is 5.69 Å². The minimum Gasteiger partial charge on any atom is -0.465 e. The number of hydrogen-bond donors (Lipinski definition) is 2. The van der Waals surface area contributed by atoms with E-state index < -0.39 is 12.1 Å². The van der Waals surface area contributed by atoms with Crippen LogP contribution in [-0.2, 0) is 0 Å². The van der Waals surface area contributed by atoms with E-state index >= 15 is 0 Å². The molecular weight excluding hydrogens is 354 g/mol. The molecule has 1 amide bonds. The maximum Gasteiger partial charge on any atom is 0.405 e. The predicted molar refractivity (Wildman–Crippen MR) is 101 cm³/mol. The first-order chi connectivity index (χ1) is 12.3. The number of amides is 1. The van der Waals surface area contributed by atoms with Crippen LogP contribution in [0.3, 0.4) is 0 Å². The third-order valence-corrected chi connectivity index (χ3v) is 4.73. The van der Waals surface area contributed by atoms with Crippen LogP contribution in [0.1, 0.15) is 29.9 Å². The molecule has 7 heteroatoms. The average molecular weight is 372 g/mol. The van der Waals surface area contributed by atoms with Crippen LogP contribution in [0.25, 0.3) is 16.6 Å². The highest BCUT2D eigenvalue weighted by Crippen LogP contribution is 2.24. The third kappa shape index (κ3) is 3.04. The fourth-order valence-corrected chi connectivity index (χ4v) is 3.21. The second kappa shape index (κ2) is 6.80. The summed E-state index contributed by atoms with van der Waals surface area (Å²) in [5.74, 6) is 0.306. The number of fused-ring (bicyclic) bond motifs is 1. The number of aromatic nitrogens is 2. The van der Waals surface area contributed by atoms with Gasteiger partial charge in [-0.3, -0.25) is 9.36 Å². The molecule has 0 saturated carbocycles. The van der Waals surface area contributed by atoms with Crippen molar-refractivity contribution >= 4 is 28.6 Å². The summed E-state index contributed by atoms with van der Waals surface area (Å²) in [6.45, 7) is 5.50. The summed E-state index contributed by atoms with van der Waals surface area (Å²) in [4.78, 5) is 28.9. The fourth-order valence-electron chi connectivity index (χ4n) is 2.96. The predicted octanol–water partition coefficient (Wildman–Crippen LogP) is 3.98. The van der Waals surface area contributed by atoms with E-state index in [1.54, 1.807) is 25.1 Å². The molecule has 6 nitrogen and oxygen atoms in total. The molecule has 2 N–H and O–H groups in total. The van der Waals surface area contributed by atoms with Crippen LogP contribution in [0.15, 0.2) is 41.2 Å². The summed E-state index contributed by atoms with van der Waals surface area (Å²) in [5, 5.41) is 12.1. The Morgan fingerprint density at radius 2 is 1.92 bits per heavy atom. The number of hydrogen-bond acceptors (Lipinski definition) is 3. The molecular formula is C19H18ClN3O3. The lowest BCUT2D eigenvalue weighted by Crippen LogP contribution is -2.32. The van der Waals surface area contributed by atoms with E-state index in [4.69, 9.17) is 16.7 Å². The molecule has 0 aliphatic heterocycles. The number of benzene rings is 2. The van der Waals surface area contributed by atoms with Crippen LogP contribution >= 0.6 is 11.6 Å². The molecule has 1 heterocycles. The lowest BCUT2D eigenvalue weighted by Gasteiger charge is -2.20. The van der Waals surface area contributed by atoms with Gasteiger partial charge in [-0.05, 0) is 50.1 Å². The SMILES string of the molecule is Cc1cccc(-n2c(C(C)NC(=O)O)nc3cccc(Cl)c3c2=O)c1C. The van der Waals surface area contributed by atoms with Crippen molar-refractivity contribution in [2.24, 2.45) is 0 Å². The Morgan fingerprint density at radius 3 is 2.62 bits per heavy atom. The molecule has 2 aromatic carbocycles. The van der Waals surface area contributed by atoms with Gasteiger partial charge in [-0.2, -0.15) is 0 Å². The van der Waals surface area contributed by atoms with Crippen molar-refractivity contribution in [2.45, 2.75) is 26.8 Å². The van der Waals surface area contributed by atoms with Gasteiger partial charge in [0.05, 0.1) is 27.7 Å². The molecule has 134 valence electrons. The Kier molecular flexibility index (Phi) is 4.70. The number of carbonyl (C=O) groups is 1. The summed E-state index contributed by atoms with van der Waals surface area (Å²) in [5.41, 5.74) is 2.67. The van der Waals surface area contributed by atoms with Crippen LogP contribution in [0, 0.1) is 13.8 Å². The van der Waals surface area contributed by atoms with Gasteiger partial charge in [-0.25, -0.2) is 9.78 Å². The Labute approximate surface area is 155 Å². The first kappa shape index (κ1) is 17.9. The molecule has 26 heavy (non-hydrogen) atoms. The Hall–Kier alpha value is -2.86. The van der Waals surface area contributed by atoms with Crippen LogP contribution in [0.5, 0.6) is 0 Å². The molecule has 3 aromatic rings. The van der Waals surface area contributed by atoms with E-state index in [1.165, 1.54) is 4.57 Å². The van der Waals surface area contributed by atoms with Crippen molar-refractivity contribution in [1.29, 1.82) is 0 Å². The van der Waals surface area contributed by atoms with Crippen molar-refractivity contribution in [3.63, 3.8) is 0 Å². The Balaban J connectivity index is 2.43. The zero-order valence-corrected chi connectivity index (χ0v) is 15.3. The second-order valence-corrected chi connectivity index (χ2v) is 6.54. The molecule has 3 rings (SSSR count). The molecule has 0 radical (unpaired) electrons. The summed E-state index contributed by atoms with van der Waals surface area (Å²) in [6, 6.07) is 9.95. The maximum absolute atomic E-state index is 13.3. The normalized spacial score (nSPS) is 12.2. The lowest BCUT2D eigenvalue weighted by atomic mass is 10.1. The number of halogens is 1. The van der Waals surface area contributed by atoms with E-state index in [9.17, 15) is 9.59 Å². The zero-order chi connectivity index (χ0) is 19.0. The van der Waals surface area contributed by atoms with Gasteiger partial charge in [0.25, 0.3) is 5.56 Å². The molecule has 0 spiro atoms. The Morgan fingerprint density at radius 1 is 1.23 bits per heavy atom. The minimum atomic E-state index is -1.19. The van der Waals surface area contributed by atoms with Crippen molar-refractivity contribution in [2.75, 3.05) is 0 Å². The standard InChI is InChI=1S/C19H18ClN3O3/c1-10-6-4-9-15(11(10)2)23-17(12(3)21-19(25)26)22-14-8-5-7-13(20)16(14)18(23)24/h4-9,12,21H,1-3H3,(H,25,26). The number of rotatable bonds is 3. The highest BCUT2D eigenvalue weighted by molar-refractivity contribution is 6.35. The minimum absolute atomic E-state index is 0.306. The monoisotopic (exact) mass is 371 g/mol.